The summed E-state index contributed by atoms with van der Waals surface area (Å²) in [6.07, 6.45) is 3.03. The monoisotopic (exact) mass is 437 g/mol. The third-order valence-corrected chi connectivity index (χ3v) is 7.90. The maximum atomic E-state index is 13.1. The Labute approximate surface area is 173 Å². The van der Waals surface area contributed by atoms with Gasteiger partial charge in [-0.3, -0.25) is 0 Å². The zero-order valence-corrected chi connectivity index (χ0v) is 17.6. The van der Waals surface area contributed by atoms with Crippen molar-refractivity contribution in [1.82, 2.24) is 24.2 Å². The number of rotatable bonds is 6. The second kappa shape index (κ2) is 7.92. The van der Waals surface area contributed by atoms with Gasteiger partial charge >= 0.3 is 0 Å². The van der Waals surface area contributed by atoms with Crippen molar-refractivity contribution in [3.63, 3.8) is 0 Å². The molecule has 3 heterocycles. The summed E-state index contributed by atoms with van der Waals surface area (Å²) >= 11 is 7.59. The fourth-order valence-corrected chi connectivity index (χ4v) is 5.83. The fraction of sp³-hybridized carbons (Fsp3) is 0.333. The van der Waals surface area contributed by atoms with E-state index in [1.807, 2.05) is 30.3 Å². The van der Waals surface area contributed by atoms with Crippen LogP contribution in [0.25, 0.3) is 0 Å². The van der Waals surface area contributed by atoms with Gasteiger partial charge < -0.3 is 9.88 Å². The minimum atomic E-state index is -3.65. The number of nitrogens with one attached hydrogen (secondary N) is 1. The number of thiazole rings is 1. The van der Waals surface area contributed by atoms with Crippen molar-refractivity contribution in [1.29, 1.82) is 0 Å². The molecule has 0 spiro atoms. The van der Waals surface area contributed by atoms with Crippen molar-refractivity contribution in [2.45, 2.75) is 23.5 Å². The summed E-state index contributed by atoms with van der Waals surface area (Å²) in [6, 6.07) is 9.94. The fourth-order valence-electron chi connectivity index (χ4n) is 3.46. The molecule has 0 saturated carbocycles. The predicted molar refractivity (Wildman–Crippen MR) is 109 cm³/mol. The summed E-state index contributed by atoms with van der Waals surface area (Å²) in [5.74, 6) is 0.0337. The van der Waals surface area contributed by atoms with Crippen LogP contribution in [0.3, 0.4) is 0 Å². The summed E-state index contributed by atoms with van der Waals surface area (Å²) in [5, 5.41) is 4.05. The van der Waals surface area contributed by atoms with Crippen LogP contribution in [0.15, 0.2) is 53.4 Å². The van der Waals surface area contributed by atoms with Gasteiger partial charge in [-0.2, -0.15) is 4.31 Å². The first kappa shape index (κ1) is 19.5. The maximum Gasteiger partial charge on any atom is 0.262 e. The highest BCUT2D eigenvalue weighted by Crippen LogP contribution is 2.32. The van der Waals surface area contributed by atoms with Crippen LogP contribution in [0.2, 0.25) is 5.15 Å². The number of hydrogen-bond donors (Lipinski definition) is 1. The molecule has 1 fully saturated rings. The SMILES string of the molecule is Cn1cnc(S(=O)(=O)N2C[C@H](NCc3scnc3Cl)[C@@H](c3ccccc3)C2)c1. The van der Waals surface area contributed by atoms with Gasteiger partial charge in [0.05, 0.1) is 16.7 Å². The first-order valence-corrected chi connectivity index (χ1v) is 11.5. The highest BCUT2D eigenvalue weighted by Gasteiger charge is 2.40. The van der Waals surface area contributed by atoms with Gasteiger partial charge in [-0.05, 0) is 5.56 Å². The molecule has 3 aromatic rings. The molecular formula is C18H20ClN5O2S2. The standard InChI is InChI=1S/C18H20ClN5O2S2/c1-23-10-17(21-11-23)28(25,26)24-8-14(13-5-3-2-4-6-13)15(9-24)20-7-16-18(19)22-12-27-16/h2-6,10-12,14-15,20H,7-9H2,1H3/t14-,15+/m1/s1. The number of aromatic nitrogens is 3. The summed E-state index contributed by atoms with van der Waals surface area (Å²) in [7, 11) is -1.89. The van der Waals surface area contributed by atoms with E-state index >= 15 is 0 Å². The number of sulfonamides is 1. The molecule has 1 aliphatic heterocycles. The number of halogens is 1. The Morgan fingerprint density at radius 2 is 2.04 bits per heavy atom. The molecule has 0 radical (unpaired) electrons. The highest BCUT2D eigenvalue weighted by atomic mass is 35.5. The molecule has 0 unspecified atom stereocenters. The molecule has 2 atom stereocenters. The van der Waals surface area contributed by atoms with E-state index in [0.29, 0.717) is 24.8 Å². The van der Waals surface area contributed by atoms with Crippen LogP contribution in [-0.4, -0.2) is 46.4 Å². The third-order valence-electron chi connectivity index (χ3n) is 4.92. The molecule has 148 valence electrons. The lowest BCUT2D eigenvalue weighted by atomic mass is 9.94. The van der Waals surface area contributed by atoms with E-state index in [0.717, 1.165) is 10.4 Å². The van der Waals surface area contributed by atoms with E-state index in [1.54, 1.807) is 17.1 Å². The number of imidazole rings is 1. The minimum absolute atomic E-state index is 0.0337. The molecule has 10 heteroatoms. The number of hydrogen-bond acceptors (Lipinski definition) is 6. The number of benzene rings is 1. The van der Waals surface area contributed by atoms with Gasteiger partial charge in [0.15, 0.2) is 5.03 Å². The van der Waals surface area contributed by atoms with E-state index in [2.05, 4.69) is 15.3 Å². The van der Waals surface area contributed by atoms with Gasteiger partial charge in [0.1, 0.15) is 5.15 Å². The molecule has 7 nitrogen and oxygen atoms in total. The van der Waals surface area contributed by atoms with E-state index in [4.69, 9.17) is 11.6 Å². The molecule has 28 heavy (non-hydrogen) atoms. The summed E-state index contributed by atoms with van der Waals surface area (Å²) < 4.78 is 29.3. The smallest absolute Gasteiger partial charge is 0.262 e. The number of nitrogens with zero attached hydrogens (tertiary/aromatic N) is 4. The van der Waals surface area contributed by atoms with Crippen LogP contribution in [0.5, 0.6) is 0 Å². The van der Waals surface area contributed by atoms with Crippen molar-refractivity contribution < 1.29 is 8.42 Å². The van der Waals surface area contributed by atoms with Crippen LogP contribution in [0, 0.1) is 0 Å². The lowest BCUT2D eigenvalue weighted by Crippen LogP contribution is -2.36. The maximum absolute atomic E-state index is 13.1. The van der Waals surface area contributed by atoms with Crippen LogP contribution in [-0.2, 0) is 23.6 Å². The number of aryl methyl sites for hydroxylation is 1. The van der Waals surface area contributed by atoms with E-state index in [-0.39, 0.29) is 17.0 Å². The second-order valence-electron chi connectivity index (χ2n) is 6.77. The van der Waals surface area contributed by atoms with Crippen LogP contribution in [0.4, 0.5) is 0 Å². The van der Waals surface area contributed by atoms with Crippen LogP contribution >= 0.6 is 22.9 Å². The van der Waals surface area contributed by atoms with Gasteiger partial charge in [0.2, 0.25) is 0 Å². The van der Waals surface area contributed by atoms with Crippen LogP contribution in [0.1, 0.15) is 16.4 Å². The Morgan fingerprint density at radius 3 is 2.68 bits per heavy atom. The summed E-state index contributed by atoms with van der Waals surface area (Å²) in [6.45, 7) is 1.32. The van der Waals surface area contributed by atoms with E-state index in [9.17, 15) is 8.42 Å². The van der Waals surface area contributed by atoms with Crippen molar-refractivity contribution in [2.75, 3.05) is 13.1 Å². The first-order chi connectivity index (χ1) is 13.4. The topological polar surface area (TPSA) is 80.1 Å². The van der Waals surface area contributed by atoms with Gasteiger partial charge in [0, 0.05) is 44.8 Å². The van der Waals surface area contributed by atoms with Crippen molar-refractivity contribution in [2.24, 2.45) is 7.05 Å². The largest absolute Gasteiger partial charge is 0.339 e. The quantitative estimate of drug-likeness (QED) is 0.640. The molecule has 0 aliphatic carbocycles. The predicted octanol–water partition coefficient (Wildman–Crippen LogP) is 2.48. The minimum Gasteiger partial charge on any atom is -0.339 e. The van der Waals surface area contributed by atoms with Crippen LogP contribution < -0.4 is 5.32 Å². The van der Waals surface area contributed by atoms with Gasteiger partial charge in [0.25, 0.3) is 10.0 Å². The Hall–Kier alpha value is -1.78. The summed E-state index contributed by atoms with van der Waals surface area (Å²) in [4.78, 5) is 9.05. The molecule has 4 rings (SSSR count). The molecule has 0 bridgehead atoms. The highest BCUT2D eigenvalue weighted by molar-refractivity contribution is 7.89. The van der Waals surface area contributed by atoms with E-state index in [1.165, 1.54) is 28.2 Å². The molecule has 1 N–H and O–H groups in total. The van der Waals surface area contributed by atoms with Crippen molar-refractivity contribution >= 4 is 33.0 Å². The first-order valence-electron chi connectivity index (χ1n) is 8.79. The molecule has 1 aromatic carbocycles. The van der Waals surface area contributed by atoms with Gasteiger partial charge in [-0.25, -0.2) is 18.4 Å². The van der Waals surface area contributed by atoms with Crippen molar-refractivity contribution in [3.8, 4) is 0 Å². The summed E-state index contributed by atoms with van der Waals surface area (Å²) in [5.41, 5.74) is 2.81. The Balaban J connectivity index is 1.58. The normalized spacial score (nSPS) is 20.6. The van der Waals surface area contributed by atoms with Gasteiger partial charge in [-0.15, -0.1) is 11.3 Å². The average molecular weight is 438 g/mol. The zero-order valence-electron chi connectivity index (χ0n) is 15.2. The van der Waals surface area contributed by atoms with Crippen molar-refractivity contribution in [3.05, 3.63) is 64.0 Å². The molecular weight excluding hydrogens is 418 g/mol. The lowest BCUT2D eigenvalue weighted by Gasteiger charge is -2.19. The molecule has 0 amide bonds. The van der Waals surface area contributed by atoms with Gasteiger partial charge in [-0.1, -0.05) is 41.9 Å². The molecule has 1 aliphatic rings. The zero-order chi connectivity index (χ0) is 19.7. The second-order valence-corrected chi connectivity index (χ2v) is 9.95. The lowest BCUT2D eigenvalue weighted by molar-refractivity contribution is 0.454. The molecule has 1 saturated heterocycles. The Bertz CT molecular complexity index is 1050. The Kier molecular flexibility index (Phi) is 5.52. The molecule has 2 aromatic heterocycles. The van der Waals surface area contributed by atoms with E-state index < -0.39 is 10.0 Å². The Morgan fingerprint density at radius 1 is 1.25 bits per heavy atom. The average Bonchev–Trinajstić information content (AvgIpc) is 3.41. The third kappa shape index (κ3) is 3.85.